The van der Waals surface area contributed by atoms with Gasteiger partial charge in [-0.1, -0.05) is 29.8 Å². The van der Waals surface area contributed by atoms with E-state index in [4.69, 9.17) is 21.4 Å². The fourth-order valence-corrected chi connectivity index (χ4v) is 1.78. The molecule has 2 aromatic rings. The molecule has 0 saturated carbocycles. The zero-order valence-corrected chi connectivity index (χ0v) is 11.2. The lowest BCUT2D eigenvalue weighted by Gasteiger charge is -2.06. The van der Waals surface area contributed by atoms with Crippen LogP contribution in [0, 0.1) is 5.82 Å². The molecule has 0 aliphatic heterocycles. The Morgan fingerprint density at radius 3 is 2.45 bits per heavy atom. The Morgan fingerprint density at radius 2 is 1.85 bits per heavy atom. The summed E-state index contributed by atoms with van der Waals surface area (Å²) >= 11 is 5.76. The van der Waals surface area contributed by atoms with Gasteiger partial charge in [-0.3, -0.25) is 0 Å². The van der Waals surface area contributed by atoms with Crippen LogP contribution in [0.3, 0.4) is 0 Å². The van der Waals surface area contributed by atoms with Gasteiger partial charge in [0, 0.05) is 10.6 Å². The van der Waals surface area contributed by atoms with E-state index in [1.807, 2.05) is 12.1 Å². The molecule has 0 radical (unpaired) electrons. The van der Waals surface area contributed by atoms with Crippen molar-refractivity contribution in [3.8, 4) is 0 Å². The van der Waals surface area contributed by atoms with E-state index >= 15 is 0 Å². The van der Waals surface area contributed by atoms with E-state index in [1.165, 1.54) is 12.1 Å². The molecular weight excluding hydrogens is 283 g/mol. The highest BCUT2D eigenvalue weighted by Gasteiger charge is 2.08. The summed E-state index contributed by atoms with van der Waals surface area (Å²) in [5.74, 6) is -1.74. The van der Waals surface area contributed by atoms with Crippen molar-refractivity contribution in [1.29, 1.82) is 0 Å². The lowest BCUT2D eigenvalue weighted by Crippen LogP contribution is -2.01. The zero-order valence-electron chi connectivity index (χ0n) is 10.5. The van der Waals surface area contributed by atoms with E-state index in [9.17, 15) is 9.18 Å². The third-order valence-electron chi connectivity index (χ3n) is 2.74. The molecule has 0 amide bonds. The van der Waals surface area contributed by atoms with Crippen LogP contribution < -0.4 is 0 Å². The number of carbonyl (C=O) groups is 1. The van der Waals surface area contributed by atoms with E-state index in [2.05, 4.69) is 0 Å². The molecule has 0 saturated heterocycles. The first kappa shape index (κ1) is 14.5. The number of halogens is 2. The number of carboxylic acid groups (broad SMARTS) is 1. The quantitative estimate of drug-likeness (QED) is 0.910. The van der Waals surface area contributed by atoms with Gasteiger partial charge in [-0.25, -0.2) is 9.18 Å². The molecular formula is C15H12ClFO3. The van der Waals surface area contributed by atoms with Crippen LogP contribution in [0.15, 0.2) is 42.5 Å². The minimum absolute atomic E-state index is 0.0777. The van der Waals surface area contributed by atoms with E-state index in [1.54, 1.807) is 12.1 Å². The van der Waals surface area contributed by atoms with Crippen LogP contribution in [0.2, 0.25) is 5.02 Å². The van der Waals surface area contributed by atoms with Crippen molar-refractivity contribution in [3.05, 3.63) is 70.0 Å². The maximum Gasteiger partial charge on any atom is 0.335 e. The second-order valence-electron chi connectivity index (χ2n) is 4.23. The molecule has 0 aliphatic carbocycles. The highest BCUT2D eigenvalue weighted by molar-refractivity contribution is 6.30. The number of benzene rings is 2. The van der Waals surface area contributed by atoms with Gasteiger partial charge in [-0.2, -0.15) is 0 Å². The van der Waals surface area contributed by atoms with Gasteiger partial charge in [0.15, 0.2) is 0 Å². The van der Waals surface area contributed by atoms with Crippen molar-refractivity contribution in [2.24, 2.45) is 0 Å². The zero-order chi connectivity index (χ0) is 14.5. The predicted molar refractivity (Wildman–Crippen MR) is 73.3 cm³/mol. The van der Waals surface area contributed by atoms with Crippen molar-refractivity contribution in [2.45, 2.75) is 13.2 Å². The van der Waals surface area contributed by atoms with Gasteiger partial charge in [-0.15, -0.1) is 0 Å². The van der Waals surface area contributed by atoms with Gasteiger partial charge < -0.3 is 9.84 Å². The molecule has 5 heteroatoms. The molecule has 0 aromatic heterocycles. The van der Waals surface area contributed by atoms with E-state index < -0.39 is 11.8 Å². The molecule has 1 N–H and O–H groups in total. The molecule has 0 bridgehead atoms. The van der Waals surface area contributed by atoms with Gasteiger partial charge >= 0.3 is 5.97 Å². The molecule has 104 valence electrons. The lowest BCUT2D eigenvalue weighted by molar-refractivity contribution is 0.0695. The van der Waals surface area contributed by atoms with Crippen LogP contribution in [-0.2, 0) is 18.0 Å². The predicted octanol–water partition coefficient (Wildman–Crippen LogP) is 3.89. The van der Waals surface area contributed by atoms with Gasteiger partial charge in [0.25, 0.3) is 0 Å². The maximum atomic E-state index is 13.6. The number of aromatic carboxylic acids is 1. The minimum Gasteiger partial charge on any atom is -0.478 e. The largest absolute Gasteiger partial charge is 0.478 e. The second kappa shape index (κ2) is 6.50. The van der Waals surface area contributed by atoms with Crippen molar-refractivity contribution < 1.29 is 19.0 Å². The van der Waals surface area contributed by atoms with Crippen LogP contribution >= 0.6 is 11.6 Å². The molecule has 0 heterocycles. The molecule has 0 fully saturated rings. The third kappa shape index (κ3) is 3.79. The molecule has 0 aliphatic rings. The summed E-state index contributed by atoms with van der Waals surface area (Å²) in [6, 6.07) is 10.9. The molecule has 2 aromatic carbocycles. The van der Waals surface area contributed by atoms with E-state index in [0.29, 0.717) is 17.2 Å². The molecule has 0 atom stereocenters. The number of hydrogen-bond donors (Lipinski definition) is 1. The molecule has 0 unspecified atom stereocenters. The van der Waals surface area contributed by atoms with Crippen molar-refractivity contribution in [1.82, 2.24) is 0 Å². The van der Waals surface area contributed by atoms with Crippen molar-refractivity contribution in [3.63, 3.8) is 0 Å². The van der Waals surface area contributed by atoms with Gasteiger partial charge in [-0.05, 0) is 29.8 Å². The van der Waals surface area contributed by atoms with Crippen LogP contribution in [0.5, 0.6) is 0 Å². The summed E-state index contributed by atoms with van der Waals surface area (Å²) in [5, 5.41) is 9.38. The highest BCUT2D eigenvalue weighted by Crippen LogP contribution is 2.14. The molecule has 20 heavy (non-hydrogen) atoms. The second-order valence-corrected chi connectivity index (χ2v) is 4.67. The Hall–Kier alpha value is -1.91. The summed E-state index contributed by atoms with van der Waals surface area (Å²) in [6.07, 6.45) is 0. The Balaban J connectivity index is 1.94. The van der Waals surface area contributed by atoms with Crippen LogP contribution in [0.1, 0.15) is 21.5 Å². The Bertz CT molecular complexity index is 611. The summed E-state index contributed by atoms with van der Waals surface area (Å²) < 4.78 is 19.0. The first-order chi connectivity index (χ1) is 9.56. The molecule has 2 rings (SSSR count). The first-order valence-electron chi connectivity index (χ1n) is 5.90. The monoisotopic (exact) mass is 294 g/mol. The van der Waals surface area contributed by atoms with Crippen LogP contribution in [0.25, 0.3) is 0 Å². The normalized spacial score (nSPS) is 10.5. The fraction of sp³-hybridized carbons (Fsp3) is 0.133. The molecule has 3 nitrogen and oxygen atoms in total. The Kier molecular flexibility index (Phi) is 4.71. The van der Waals surface area contributed by atoms with Crippen molar-refractivity contribution in [2.75, 3.05) is 0 Å². The summed E-state index contributed by atoms with van der Waals surface area (Å²) in [4.78, 5) is 10.7. The van der Waals surface area contributed by atoms with Crippen LogP contribution in [0.4, 0.5) is 4.39 Å². The standard InChI is InChI=1S/C15H12ClFO3/c16-13-5-1-10(2-6-13)8-20-9-12-4-3-11(15(18)19)7-14(12)17/h1-7H,8-9H2,(H,18,19). The van der Waals surface area contributed by atoms with E-state index in [-0.39, 0.29) is 12.2 Å². The topological polar surface area (TPSA) is 46.5 Å². The number of rotatable bonds is 5. The summed E-state index contributed by atoms with van der Waals surface area (Å²) in [5.41, 5.74) is 1.17. The average Bonchev–Trinajstić information content (AvgIpc) is 2.42. The highest BCUT2D eigenvalue weighted by atomic mass is 35.5. The van der Waals surface area contributed by atoms with Gasteiger partial charge in [0.2, 0.25) is 0 Å². The van der Waals surface area contributed by atoms with Gasteiger partial charge in [0.05, 0.1) is 18.8 Å². The number of hydrogen-bond acceptors (Lipinski definition) is 2. The Morgan fingerprint density at radius 1 is 1.15 bits per heavy atom. The fourth-order valence-electron chi connectivity index (χ4n) is 1.66. The third-order valence-corrected chi connectivity index (χ3v) is 2.99. The SMILES string of the molecule is O=C(O)c1ccc(COCc2ccc(Cl)cc2)c(F)c1. The van der Waals surface area contributed by atoms with Gasteiger partial charge in [0.1, 0.15) is 5.82 Å². The number of carboxylic acids is 1. The summed E-state index contributed by atoms with van der Waals surface area (Å²) in [6.45, 7) is 0.408. The first-order valence-corrected chi connectivity index (χ1v) is 6.28. The van der Waals surface area contributed by atoms with E-state index in [0.717, 1.165) is 11.6 Å². The van der Waals surface area contributed by atoms with Crippen LogP contribution in [-0.4, -0.2) is 11.1 Å². The minimum atomic E-state index is -1.16. The van der Waals surface area contributed by atoms with Crippen molar-refractivity contribution >= 4 is 17.6 Å². The number of ether oxygens (including phenoxy) is 1. The summed E-state index contributed by atoms with van der Waals surface area (Å²) in [7, 11) is 0. The lowest BCUT2D eigenvalue weighted by atomic mass is 10.1. The molecule has 0 spiro atoms. The average molecular weight is 295 g/mol. The maximum absolute atomic E-state index is 13.6. The Labute approximate surface area is 120 Å². The smallest absolute Gasteiger partial charge is 0.335 e.